The topological polar surface area (TPSA) is 160 Å². The lowest BCUT2D eigenvalue weighted by atomic mass is 9.72. The van der Waals surface area contributed by atoms with Crippen LogP contribution >= 0.6 is 0 Å². The van der Waals surface area contributed by atoms with Crippen LogP contribution in [0.1, 0.15) is 65.2 Å². The van der Waals surface area contributed by atoms with Gasteiger partial charge in [0.05, 0.1) is 11.5 Å². The smallest absolute Gasteiger partial charge is 0.338 e. The number of aliphatic hydroxyl groups is 1. The van der Waals surface area contributed by atoms with Gasteiger partial charge in [-0.05, 0) is 31.9 Å². The number of carbonyl (C=O) groups excluding carboxylic acids is 6. The molecule has 44 heavy (non-hydrogen) atoms. The molecule has 2 aliphatic rings. The zero-order valence-electron chi connectivity index (χ0n) is 26.0. The number of ether oxygens (including phenoxy) is 4. The van der Waals surface area contributed by atoms with Crippen LogP contribution in [-0.4, -0.2) is 70.6 Å². The van der Waals surface area contributed by atoms with Crippen LogP contribution < -0.4 is 0 Å². The number of hydrogen-bond acceptors (Lipinski definition) is 11. The van der Waals surface area contributed by atoms with E-state index in [-0.39, 0.29) is 17.6 Å². The van der Waals surface area contributed by atoms with Gasteiger partial charge in [0.2, 0.25) is 0 Å². The van der Waals surface area contributed by atoms with Crippen molar-refractivity contribution in [3.8, 4) is 0 Å². The van der Waals surface area contributed by atoms with Crippen LogP contribution in [0.2, 0.25) is 0 Å². The molecule has 3 rings (SSSR count). The second-order valence-electron chi connectivity index (χ2n) is 12.1. The predicted octanol–water partition coefficient (Wildman–Crippen LogP) is 3.32. The van der Waals surface area contributed by atoms with Crippen LogP contribution in [0.3, 0.4) is 0 Å². The molecule has 8 atom stereocenters. The average molecular weight is 613 g/mol. The third-order valence-electron chi connectivity index (χ3n) is 8.12. The Kier molecular flexibility index (Phi) is 10.4. The molecule has 1 aromatic carbocycles. The van der Waals surface area contributed by atoms with Gasteiger partial charge in [-0.15, -0.1) is 0 Å². The van der Waals surface area contributed by atoms with Gasteiger partial charge in [-0.2, -0.15) is 0 Å². The Labute approximate surface area is 256 Å². The Morgan fingerprint density at radius 2 is 1.43 bits per heavy atom. The van der Waals surface area contributed by atoms with E-state index in [9.17, 15) is 33.9 Å². The fourth-order valence-electron chi connectivity index (χ4n) is 6.10. The van der Waals surface area contributed by atoms with Gasteiger partial charge in [-0.3, -0.25) is 24.0 Å². The van der Waals surface area contributed by atoms with Crippen molar-refractivity contribution in [2.75, 3.05) is 0 Å². The molecule has 0 aromatic heterocycles. The normalized spacial score (nSPS) is 32.7. The molecule has 0 saturated heterocycles. The van der Waals surface area contributed by atoms with Gasteiger partial charge < -0.3 is 24.1 Å². The summed E-state index contributed by atoms with van der Waals surface area (Å²) >= 11 is 0. The van der Waals surface area contributed by atoms with E-state index in [0.717, 1.165) is 20.8 Å². The minimum Gasteiger partial charge on any atom is -0.458 e. The van der Waals surface area contributed by atoms with Crippen molar-refractivity contribution >= 4 is 35.4 Å². The minimum absolute atomic E-state index is 0.130. The first-order valence-electron chi connectivity index (χ1n) is 14.4. The number of Topliss-reactive ketones (excluding diaryl/α,β-unsaturated/α-hetero) is 2. The van der Waals surface area contributed by atoms with E-state index in [4.69, 9.17) is 18.9 Å². The summed E-state index contributed by atoms with van der Waals surface area (Å²) in [5.74, 6) is -7.70. The summed E-state index contributed by atoms with van der Waals surface area (Å²) in [6.45, 7) is 13.5. The molecule has 0 unspecified atom stereocenters. The highest BCUT2D eigenvalue weighted by atomic mass is 16.6. The van der Waals surface area contributed by atoms with Crippen LogP contribution in [-0.2, 0) is 42.9 Å². The van der Waals surface area contributed by atoms with Crippen LogP contribution in [0, 0.1) is 23.2 Å². The number of benzene rings is 1. The van der Waals surface area contributed by atoms with Crippen molar-refractivity contribution in [1.82, 2.24) is 0 Å². The highest BCUT2D eigenvalue weighted by molar-refractivity contribution is 5.95. The van der Waals surface area contributed by atoms with E-state index < -0.39 is 88.6 Å². The Balaban J connectivity index is 2.37. The number of rotatable bonds is 5. The summed E-state index contributed by atoms with van der Waals surface area (Å²) in [5, 5.41) is 11.3. The van der Waals surface area contributed by atoms with Crippen LogP contribution in [0.25, 0.3) is 0 Å². The quantitative estimate of drug-likeness (QED) is 0.295. The van der Waals surface area contributed by atoms with Crippen molar-refractivity contribution < 1.29 is 52.8 Å². The molecule has 11 heteroatoms. The second-order valence-corrected chi connectivity index (χ2v) is 12.1. The molecule has 238 valence electrons. The summed E-state index contributed by atoms with van der Waals surface area (Å²) in [5.41, 5.74) is -3.45. The highest BCUT2D eigenvalue weighted by Gasteiger charge is 2.65. The molecule has 11 nitrogen and oxygen atoms in total. The van der Waals surface area contributed by atoms with Crippen LogP contribution in [0.4, 0.5) is 0 Å². The number of ketones is 2. The molecule has 0 aliphatic heterocycles. The standard InChI is InChI=1S/C33H40O11/c1-17-14-15-32(7,8)30(39)25(37)28(42-21(5)35)19(3)27(41-20(4)34)24-26(43-31(40)23-12-10-9-11-13-23)18(2)16-33(24,29(17)38)44-22(6)36/h9-15,17-18,24-28,37H,3,16H2,1-2,4-8H3/b15-14+/t17-,18-,24+,25+,26-,27-,28-,33+/m0/s1. The van der Waals surface area contributed by atoms with Crippen molar-refractivity contribution in [3.63, 3.8) is 0 Å². The fraction of sp³-hybridized carbons (Fsp3) is 0.515. The Bertz CT molecular complexity index is 1360. The molecule has 1 aromatic rings. The van der Waals surface area contributed by atoms with Gasteiger partial charge in [0, 0.05) is 44.1 Å². The van der Waals surface area contributed by atoms with Crippen LogP contribution in [0.5, 0.6) is 0 Å². The summed E-state index contributed by atoms with van der Waals surface area (Å²) in [4.78, 5) is 78.8. The first kappa shape index (κ1) is 34.4. The van der Waals surface area contributed by atoms with Crippen molar-refractivity contribution in [3.05, 3.63) is 60.2 Å². The van der Waals surface area contributed by atoms with Gasteiger partial charge in [0.1, 0.15) is 12.2 Å². The lowest BCUT2D eigenvalue weighted by Crippen LogP contribution is -2.58. The summed E-state index contributed by atoms with van der Waals surface area (Å²) in [6.07, 6.45) is -3.80. The SMILES string of the molecule is C=C1[C@H](OC(C)=O)[C@H]2[C@@H](OC(=O)c3ccccc3)[C@@H](C)C[C@]2(OC(C)=O)C(=O)[C@@H](C)/C=C/C(C)(C)C(=O)[C@H](O)[C@H]1OC(C)=O. The number of carbonyl (C=O) groups is 6. The van der Waals surface area contributed by atoms with E-state index in [1.807, 2.05) is 0 Å². The molecular weight excluding hydrogens is 572 g/mol. The summed E-state index contributed by atoms with van der Waals surface area (Å²) in [7, 11) is 0. The molecule has 0 heterocycles. The third kappa shape index (κ3) is 6.99. The molecule has 1 saturated carbocycles. The van der Waals surface area contributed by atoms with Gasteiger partial charge in [0.15, 0.2) is 29.4 Å². The fourth-order valence-corrected chi connectivity index (χ4v) is 6.10. The zero-order valence-corrected chi connectivity index (χ0v) is 26.0. The van der Waals surface area contributed by atoms with E-state index in [1.54, 1.807) is 32.0 Å². The molecule has 0 bridgehead atoms. The molecule has 2 aliphatic carbocycles. The van der Waals surface area contributed by atoms with E-state index >= 15 is 0 Å². The maximum atomic E-state index is 14.4. The molecule has 1 N–H and O–H groups in total. The van der Waals surface area contributed by atoms with Gasteiger partial charge in [-0.25, -0.2) is 4.79 Å². The first-order valence-corrected chi connectivity index (χ1v) is 14.4. The second kappa shape index (κ2) is 13.3. The van der Waals surface area contributed by atoms with E-state index in [2.05, 4.69) is 6.58 Å². The number of allylic oxidation sites excluding steroid dienone is 2. The maximum Gasteiger partial charge on any atom is 0.338 e. The summed E-state index contributed by atoms with van der Waals surface area (Å²) < 4.78 is 23.0. The van der Waals surface area contributed by atoms with E-state index in [1.165, 1.54) is 38.1 Å². The largest absolute Gasteiger partial charge is 0.458 e. The molecule has 0 spiro atoms. The zero-order chi connectivity index (χ0) is 33.1. The monoisotopic (exact) mass is 612 g/mol. The lowest BCUT2D eigenvalue weighted by molar-refractivity contribution is -0.183. The molecule has 1 fully saturated rings. The van der Waals surface area contributed by atoms with Crippen molar-refractivity contribution in [2.24, 2.45) is 23.2 Å². The summed E-state index contributed by atoms with van der Waals surface area (Å²) in [6, 6.07) is 8.05. The Hall–Kier alpha value is -4.12. The van der Waals surface area contributed by atoms with E-state index in [0.29, 0.717) is 0 Å². The van der Waals surface area contributed by atoms with Crippen molar-refractivity contribution in [1.29, 1.82) is 0 Å². The Morgan fingerprint density at radius 3 is 1.98 bits per heavy atom. The molecule has 0 amide bonds. The van der Waals surface area contributed by atoms with Gasteiger partial charge in [-0.1, -0.05) is 50.8 Å². The van der Waals surface area contributed by atoms with Crippen molar-refractivity contribution in [2.45, 2.75) is 84.9 Å². The van der Waals surface area contributed by atoms with Crippen LogP contribution in [0.15, 0.2) is 54.6 Å². The number of aliphatic hydroxyl groups excluding tert-OH is 1. The highest BCUT2D eigenvalue weighted by Crippen LogP contribution is 2.51. The van der Waals surface area contributed by atoms with Gasteiger partial charge in [0.25, 0.3) is 0 Å². The minimum atomic E-state index is -2.03. The number of fused-ring (bicyclic) bond motifs is 1. The lowest BCUT2D eigenvalue weighted by Gasteiger charge is -2.42. The maximum absolute atomic E-state index is 14.4. The number of esters is 4. The predicted molar refractivity (Wildman–Crippen MR) is 156 cm³/mol. The Morgan fingerprint density at radius 1 is 0.864 bits per heavy atom. The molecule has 0 radical (unpaired) electrons. The third-order valence-corrected chi connectivity index (χ3v) is 8.12. The molecular formula is C33H40O11. The van der Waals surface area contributed by atoms with Gasteiger partial charge >= 0.3 is 23.9 Å². The first-order chi connectivity index (χ1) is 20.4. The number of hydrogen-bond donors (Lipinski definition) is 1. The average Bonchev–Trinajstić information content (AvgIpc) is 3.21.